The van der Waals surface area contributed by atoms with E-state index in [-0.39, 0.29) is 5.91 Å². The summed E-state index contributed by atoms with van der Waals surface area (Å²) < 4.78 is 0.748. The average Bonchev–Trinajstić information content (AvgIpc) is 2.08. The van der Waals surface area contributed by atoms with Gasteiger partial charge in [-0.2, -0.15) is 0 Å². The van der Waals surface area contributed by atoms with E-state index in [1.54, 1.807) is 12.1 Å². The molecule has 1 aromatic rings. The van der Waals surface area contributed by atoms with Gasteiger partial charge in [-0.3, -0.25) is 10.2 Å². The molecule has 0 fully saturated rings. The molecule has 1 aromatic carbocycles. The van der Waals surface area contributed by atoms with Crippen molar-refractivity contribution < 1.29 is 4.79 Å². The molecule has 0 aromatic heterocycles. The Bertz CT molecular complexity index is 316. The first kappa shape index (κ1) is 9.51. The summed E-state index contributed by atoms with van der Waals surface area (Å²) in [6, 6.07) is 4.85. The number of carbonyl (C=O) groups excluding carboxylic acids is 1. The summed E-state index contributed by atoms with van der Waals surface area (Å²) in [5.41, 5.74) is 2.45. The highest BCUT2D eigenvalue weighted by molar-refractivity contribution is 9.10. The monoisotopic (exact) mass is 248 g/mol. The quantitative estimate of drug-likeness (QED) is 0.452. The maximum absolute atomic E-state index is 11.0. The molecule has 0 radical (unpaired) electrons. The number of nitrogens with one attached hydrogen (secondary N) is 1. The van der Waals surface area contributed by atoms with Crippen LogP contribution in [0.25, 0.3) is 0 Å². The maximum Gasteiger partial charge on any atom is 0.265 e. The van der Waals surface area contributed by atoms with Crippen molar-refractivity contribution in [1.82, 2.24) is 5.43 Å². The lowest BCUT2D eigenvalue weighted by atomic mass is 10.2. The molecule has 12 heavy (non-hydrogen) atoms. The van der Waals surface area contributed by atoms with Gasteiger partial charge >= 0.3 is 0 Å². The zero-order chi connectivity index (χ0) is 9.14. The number of nitrogen functional groups attached to an aromatic ring is 1. The van der Waals surface area contributed by atoms with Gasteiger partial charge in [-0.15, -0.1) is 0 Å². The molecule has 0 heterocycles. The second-order valence-corrected chi connectivity index (χ2v) is 3.36. The smallest absolute Gasteiger partial charge is 0.265 e. The Morgan fingerprint density at radius 2 is 2.25 bits per heavy atom. The van der Waals surface area contributed by atoms with Gasteiger partial charge < -0.3 is 0 Å². The molecule has 0 aliphatic rings. The Labute approximate surface area is 83.0 Å². The van der Waals surface area contributed by atoms with Crippen LogP contribution in [0.15, 0.2) is 22.7 Å². The lowest BCUT2D eigenvalue weighted by molar-refractivity contribution is 0.0953. The fourth-order valence-corrected chi connectivity index (χ4v) is 1.15. The third-order valence-electron chi connectivity index (χ3n) is 1.31. The predicted octanol–water partition coefficient (Wildman–Crippen LogP) is 1.71. The van der Waals surface area contributed by atoms with Crippen LogP contribution in [0.4, 0.5) is 0 Å². The van der Waals surface area contributed by atoms with Crippen LogP contribution in [0.2, 0.25) is 5.02 Å². The second kappa shape index (κ2) is 3.89. The van der Waals surface area contributed by atoms with Crippen LogP contribution in [-0.2, 0) is 0 Å². The Morgan fingerprint density at radius 3 is 2.75 bits per heavy atom. The molecule has 1 amide bonds. The fraction of sp³-hybridized carbons (Fsp3) is 0. The van der Waals surface area contributed by atoms with Crippen LogP contribution in [0, 0.1) is 0 Å². The zero-order valence-corrected chi connectivity index (χ0v) is 8.32. The topological polar surface area (TPSA) is 55.1 Å². The van der Waals surface area contributed by atoms with Crippen molar-refractivity contribution in [3.8, 4) is 0 Å². The molecule has 0 unspecified atom stereocenters. The first-order valence-corrected chi connectivity index (χ1v) is 4.28. The van der Waals surface area contributed by atoms with Crippen LogP contribution in [0.3, 0.4) is 0 Å². The lowest BCUT2D eigenvalue weighted by Crippen LogP contribution is -2.29. The number of rotatable bonds is 1. The summed E-state index contributed by atoms with van der Waals surface area (Å²) in [4.78, 5) is 11.0. The number of hydrazine groups is 1. The van der Waals surface area contributed by atoms with Gasteiger partial charge in [0.2, 0.25) is 0 Å². The predicted molar refractivity (Wildman–Crippen MR) is 50.8 cm³/mol. The molecule has 1 rings (SSSR count). The van der Waals surface area contributed by atoms with Crippen molar-refractivity contribution in [2.24, 2.45) is 5.84 Å². The zero-order valence-electron chi connectivity index (χ0n) is 5.97. The first-order valence-electron chi connectivity index (χ1n) is 3.11. The molecule has 0 atom stereocenters. The Balaban J connectivity index is 3.05. The highest BCUT2D eigenvalue weighted by Gasteiger charge is 2.04. The average molecular weight is 249 g/mol. The minimum absolute atomic E-state index is 0.357. The first-order chi connectivity index (χ1) is 5.65. The fourth-order valence-electron chi connectivity index (χ4n) is 0.721. The Hall–Kier alpha value is -0.580. The molecular weight excluding hydrogens is 243 g/mol. The SMILES string of the molecule is NNC(=O)c1ccc(Br)c(Cl)c1. The van der Waals surface area contributed by atoms with Crippen molar-refractivity contribution >= 4 is 33.4 Å². The van der Waals surface area contributed by atoms with E-state index in [2.05, 4.69) is 15.9 Å². The van der Waals surface area contributed by atoms with Crippen molar-refractivity contribution in [3.05, 3.63) is 33.3 Å². The van der Waals surface area contributed by atoms with Crippen LogP contribution < -0.4 is 11.3 Å². The number of halogens is 2. The maximum atomic E-state index is 11.0. The third-order valence-corrected chi connectivity index (χ3v) is 2.55. The molecule has 3 N–H and O–H groups in total. The highest BCUT2D eigenvalue weighted by atomic mass is 79.9. The number of benzene rings is 1. The van der Waals surface area contributed by atoms with Crippen molar-refractivity contribution in [3.63, 3.8) is 0 Å². The minimum atomic E-state index is -0.357. The molecule has 0 saturated heterocycles. The van der Waals surface area contributed by atoms with Crippen LogP contribution in [0.5, 0.6) is 0 Å². The molecule has 0 spiro atoms. The third kappa shape index (κ3) is 1.97. The summed E-state index contributed by atoms with van der Waals surface area (Å²) in [7, 11) is 0. The molecule has 0 aliphatic heterocycles. The summed E-state index contributed by atoms with van der Waals surface area (Å²) in [6.07, 6.45) is 0. The van der Waals surface area contributed by atoms with Crippen molar-refractivity contribution in [2.45, 2.75) is 0 Å². The summed E-state index contributed by atoms with van der Waals surface area (Å²) in [6.45, 7) is 0. The number of nitrogens with two attached hydrogens (primary N) is 1. The molecule has 5 heteroatoms. The van der Waals surface area contributed by atoms with E-state index < -0.39 is 0 Å². The number of hydrogen-bond acceptors (Lipinski definition) is 2. The van der Waals surface area contributed by atoms with E-state index in [1.807, 2.05) is 5.43 Å². The van der Waals surface area contributed by atoms with Gasteiger partial charge in [-0.25, -0.2) is 5.84 Å². The lowest BCUT2D eigenvalue weighted by Gasteiger charge is -2.00. The Kier molecular flexibility index (Phi) is 3.08. The summed E-state index contributed by atoms with van der Waals surface area (Å²) in [5.74, 6) is 4.58. The highest BCUT2D eigenvalue weighted by Crippen LogP contribution is 2.22. The van der Waals surface area contributed by atoms with Gasteiger partial charge in [0.05, 0.1) is 5.02 Å². The number of carbonyl (C=O) groups is 1. The molecule has 0 aliphatic carbocycles. The summed E-state index contributed by atoms with van der Waals surface area (Å²) >= 11 is 8.95. The van der Waals surface area contributed by atoms with Crippen molar-refractivity contribution in [2.75, 3.05) is 0 Å². The minimum Gasteiger partial charge on any atom is -0.290 e. The second-order valence-electron chi connectivity index (χ2n) is 2.10. The van der Waals surface area contributed by atoms with E-state index >= 15 is 0 Å². The van der Waals surface area contributed by atoms with Gasteiger partial charge in [-0.1, -0.05) is 11.6 Å². The van der Waals surface area contributed by atoms with Crippen LogP contribution in [0.1, 0.15) is 10.4 Å². The van der Waals surface area contributed by atoms with E-state index in [0.29, 0.717) is 10.6 Å². The van der Waals surface area contributed by atoms with Crippen molar-refractivity contribution in [1.29, 1.82) is 0 Å². The summed E-state index contributed by atoms with van der Waals surface area (Å²) in [5, 5.41) is 0.483. The van der Waals surface area contributed by atoms with E-state index in [1.165, 1.54) is 6.07 Å². The molecular formula is C7H6BrClN2O. The van der Waals surface area contributed by atoms with Gasteiger partial charge in [0, 0.05) is 10.0 Å². The largest absolute Gasteiger partial charge is 0.290 e. The van der Waals surface area contributed by atoms with Gasteiger partial charge in [0.1, 0.15) is 0 Å². The van der Waals surface area contributed by atoms with Gasteiger partial charge in [-0.05, 0) is 34.1 Å². The molecule has 3 nitrogen and oxygen atoms in total. The molecule has 0 bridgehead atoms. The number of hydrogen-bond donors (Lipinski definition) is 2. The molecule has 0 saturated carbocycles. The van der Waals surface area contributed by atoms with E-state index in [9.17, 15) is 4.79 Å². The van der Waals surface area contributed by atoms with Gasteiger partial charge in [0.25, 0.3) is 5.91 Å². The number of amides is 1. The molecule has 64 valence electrons. The van der Waals surface area contributed by atoms with Crippen LogP contribution in [-0.4, -0.2) is 5.91 Å². The standard InChI is InChI=1S/C7H6BrClN2O/c8-5-2-1-4(3-6(5)9)7(12)11-10/h1-3H,10H2,(H,11,12). The van der Waals surface area contributed by atoms with E-state index in [0.717, 1.165) is 4.47 Å². The Morgan fingerprint density at radius 1 is 1.58 bits per heavy atom. The van der Waals surface area contributed by atoms with Crippen LogP contribution >= 0.6 is 27.5 Å². The normalized spacial score (nSPS) is 9.58. The van der Waals surface area contributed by atoms with Gasteiger partial charge in [0.15, 0.2) is 0 Å². The van der Waals surface area contributed by atoms with E-state index in [4.69, 9.17) is 17.4 Å².